The van der Waals surface area contributed by atoms with Crippen LogP contribution >= 0.6 is 0 Å². The first-order chi connectivity index (χ1) is 20.7. The summed E-state index contributed by atoms with van der Waals surface area (Å²) in [4.78, 5) is 27.7. The standard InChI is InChI=1S/C32H40F3N3O5/c33-32(34,35)31(41)38-18-6-7-27(38)29(40)36-25-14-12-24(13-15-25)30-42-26(20-37-16-4-2-1-3-5-17-37)19-28(43-30)23-10-8-22(21-39)9-11-23/h8-15,26-28,30,39H,1-7,16-21H2,(H,36,40). The van der Waals surface area contributed by atoms with Crippen LogP contribution in [0.4, 0.5) is 18.9 Å². The summed E-state index contributed by atoms with van der Waals surface area (Å²) in [5.41, 5.74) is 2.98. The number of aliphatic hydroxyl groups is 1. The van der Waals surface area contributed by atoms with E-state index in [1.807, 2.05) is 24.3 Å². The Balaban J connectivity index is 1.28. The molecule has 2 N–H and O–H groups in total. The van der Waals surface area contributed by atoms with Crippen molar-refractivity contribution in [3.8, 4) is 0 Å². The summed E-state index contributed by atoms with van der Waals surface area (Å²) in [5.74, 6) is -2.63. The number of nitrogens with one attached hydrogen (secondary N) is 1. The maximum atomic E-state index is 13.0. The zero-order valence-corrected chi connectivity index (χ0v) is 24.2. The zero-order chi connectivity index (χ0) is 30.4. The summed E-state index contributed by atoms with van der Waals surface area (Å²) in [6, 6.07) is 13.4. The number of ether oxygens (including phenoxy) is 2. The van der Waals surface area contributed by atoms with Gasteiger partial charge in [-0.3, -0.25) is 9.59 Å². The maximum Gasteiger partial charge on any atom is 0.471 e. The van der Waals surface area contributed by atoms with Crippen molar-refractivity contribution in [1.29, 1.82) is 0 Å². The number of hydrogen-bond donors (Lipinski definition) is 2. The highest BCUT2D eigenvalue weighted by molar-refractivity contribution is 5.98. The second-order valence-electron chi connectivity index (χ2n) is 11.7. The monoisotopic (exact) mass is 603 g/mol. The number of carbonyl (C=O) groups excluding carboxylic acids is 2. The van der Waals surface area contributed by atoms with Gasteiger partial charge >= 0.3 is 12.1 Å². The first-order valence-corrected chi connectivity index (χ1v) is 15.2. The molecule has 8 nitrogen and oxygen atoms in total. The van der Waals surface area contributed by atoms with Gasteiger partial charge in [0.2, 0.25) is 5.91 Å². The Hall–Kier alpha value is -2.99. The van der Waals surface area contributed by atoms with Gasteiger partial charge < -0.3 is 29.7 Å². The van der Waals surface area contributed by atoms with Gasteiger partial charge in [-0.25, -0.2) is 0 Å². The van der Waals surface area contributed by atoms with Crippen LogP contribution in [-0.2, 0) is 25.7 Å². The Morgan fingerprint density at radius 2 is 1.51 bits per heavy atom. The van der Waals surface area contributed by atoms with E-state index in [9.17, 15) is 27.9 Å². The average molecular weight is 604 g/mol. The van der Waals surface area contributed by atoms with Crippen LogP contribution in [0.15, 0.2) is 48.5 Å². The van der Waals surface area contributed by atoms with E-state index in [1.54, 1.807) is 24.3 Å². The third-order valence-electron chi connectivity index (χ3n) is 8.53. The Morgan fingerprint density at radius 3 is 2.16 bits per heavy atom. The zero-order valence-electron chi connectivity index (χ0n) is 24.2. The molecule has 3 aliphatic heterocycles. The van der Waals surface area contributed by atoms with Crippen molar-refractivity contribution < 1.29 is 37.3 Å². The second-order valence-corrected chi connectivity index (χ2v) is 11.7. The van der Waals surface area contributed by atoms with E-state index < -0.39 is 30.3 Å². The molecule has 3 heterocycles. The van der Waals surface area contributed by atoms with E-state index in [4.69, 9.17) is 9.47 Å². The molecule has 0 spiro atoms. The highest BCUT2D eigenvalue weighted by Crippen LogP contribution is 2.38. The van der Waals surface area contributed by atoms with Crippen molar-refractivity contribution in [2.45, 2.75) is 88.7 Å². The normalized spacial score (nSPS) is 25.6. The largest absolute Gasteiger partial charge is 0.471 e. The molecule has 2 aromatic rings. The average Bonchev–Trinajstić information content (AvgIpc) is 3.48. The van der Waals surface area contributed by atoms with Crippen molar-refractivity contribution in [3.63, 3.8) is 0 Å². The number of hydrogen-bond acceptors (Lipinski definition) is 6. The van der Waals surface area contributed by atoms with E-state index in [0.717, 1.165) is 36.3 Å². The molecule has 5 rings (SSSR count). The second kappa shape index (κ2) is 14.2. The molecule has 3 aliphatic rings. The molecule has 0 aliphatic carbocycles. The van der Waals surface area contributed by atoms with E-state index in [0.29, 0.717) is 23.4 Å². The number of anilines is 1. The fourth-order valence-corrected chi connectivity index (χ4v) is 6.21. The molecule has 3 fully saturated rings. The lowest BCUT2D eigenvalue weighted by Gasteiger charge is -2.38. The summed E-state index contributed by atoms with van der Waals surface area (Å²) >= 11 is 0. The van der Waals surface area contributed by atoms with Gasteiger partial charge in [0.25, 0.3) is 0 Å². The van der Waals surface area contributed by atoms with Crippen LogP contribution in [-0.4, -0.2) is 71.2 Å². The summed E-state index contributed by atoms with van der Waals surface area (Å²) < 4.78 is 51.9. The molecule has 4 unspecified atom stereocenters. The Labute approximate surface area is 250 Å². The Bertz CT molecular complexity index is 1220. The highest BCUT2D eigenvalue weighted by atomic mass is 19.4. The quantitative estimate of drug-likeness (QED) is 0.436. The fourth-order valence-electron chi connectivity index (χ4n) is 6.21. The first-order valence-electron chi connectivity index (χ1n) is 15.2. The molecule has 2 amide bonds. The predicted molar refractivity (Wildman–Crippen MR) is 154 cm³/mol. The van der Waals surface area contributed by atoms with Crippen molar-refractivity contribution in [1.82, 2.24) is 9.80 Å². The van der Waals surface area contributed by atoms with Crippen LogP contribution in [0.25, 0.3) is 0 Å². The van der Waals surface area contributed by atoms with E-state index >= 15 is 0 Å². The van der Waals surface area contributed by atoms with Crippen molar-refractivity contribution >= 4 is 17.5 Å². The minimum Gasteiger partial charge on any atom is -0.392 e. The molecule has 11 heteroatoms. The smallest absolute Gasteiger partial charge is 0.392 e. The number of rotatable bonds is 7. The molecule has 0 saturated carbocycles. The van der Waals surface area contributed by atoms with E-state index in [1.165, 1.54) is 32.1 Å². The van der Waals surface area contributed by atoms with Gasteiger partial charge in [0.1, 0.15) is 6.04 Å². The van der Waals surface area contributed by atoms with Crippen LogP contribution in [0.1, 0.15) is 80.5 Å². The predicted octanol–water partition coefficient (Wildman–Crippen LogP) is 5.48. The molecular weight excluding hydrogens is 563 g/mol. The number of nitrogens with zero attached hydrogens (tertiary/aromatic N) is 2. The van der Waals surface area contributed by atoms with Crippen molar-refractivity contribution in [3.05, 3.63) is 65.2 Å². The highest BCUT2D eigenvalue weighted by Gasteiger charge is 2.47. The maximum absolute atomic E-state index is 13.0. The number of carbonyl (C=O) groups is 2. The van der Waals surface area contributed by atoms with Gasteiger partial charge in [0.15, 0.2) is 6.29 Å². The van der Waals surface area contributed by atoms with Gasteiger partial charge in [0, 0.05) is 30.8 Å². The SMILES string of the molecule is O=C(Nc1ccc(C2OC(CN3CCCCCCC3)CC(c3ccc(CO)cc3)O2)cc1)C1CCCN1C(=O)C(F)(F)F. The van der Waals surface area contributed by atoms with Gasteiger partial charge in [-0.15, -0.1) is 0 Å². The minimum atomic E-state index is -5.02. The summed E-state index contributed by atoms with van der Waals surface area (Å²) in [7, 11) is 0. The van der Waals surface area contributed by atoms with Crippen LogP contribution in [0.3, 0.4) is 0 Å². The van der Waals surface area contributed by atoms with Crippen LogP contribution < -0.4 is 5.32 Å². The number of halogens is 3. The topological polar surface area (TPSA) is 91.3 Å². The number of alkyl halides is 3. The third kappa shape index (κ3) is 8.14. The summed E-state index contributed by atoms with van der Waals surface area (Å²) in [6.07, 6.45) is 1.36. The van der Waals surface area contributed by atoms with Gasteiger partial charge in [-0.2, -0.15) is 13.2 Å². The molecule has 0 bridgehead atoms. The number of aliphatic hydroxyl groups excluding tert-OH is 1. The van der Waals surface area contributed by atoms with Crippen molar-refractivity contribution in [2.24, 2.45) is 0 Å². The fraction of sp³-hybridized carbons (Fsp3) is 0.562. The molecule has 2 aromatic carbocycles. The first kappa shape index (κ1) is 31.4. The Morgan fingerprint density at radius 1 is 0.860 bits per heavy atom. The van der Waals surface area contributed by atoms with Crippen LogP contribution in [0.5, 0.6) is 0 Å². The number of amides is 2. The third-order valence-corrected chi connectivity index (χ3v) is 8.53. The molecule has 3 saturated heterocycles. The van der Waals surface area contributed by atoms with Gasteiger partial charge in [0.05, 0.1) is 18.8 Å². The molecule has 0 aromatic heterocycles. The molecule has 43 heavy (non-hydrogen) atoms. The van der Waals surface area contributed by atoms with Crippen LogP contribution in [0, 0.1) is 0 Å². The summed E-state index contributed by atoms with van der Waals surface area (Å²) in [6.45, 7) is 2.75. The van der Waals surface area contributed by atoms with Crippen LogP contribution in [0.2, 0.25) is 0 Å². The van der Waals surface area contributed by atoms with E-state index in [2.05, 4.69) is 10.2 Å². The molecule has 0 radical (unpaired) electrons. The lowest BCUT2D eigenvalue weighted by Crippen LogP contribution is -2.48. The van der Waals surface area contributed by atoms with E-state index in [-0.39, 0.29) is 31.8 Å². The number of benzene rings is 2. The minimum absolute atomic E-state index is 0.0323. The lowest BCUT2D eigenvalue weighted by atomic mass is 9.99. The van der Waals surface area contributed by atoms with Gasteiger partial charge in [-0.1, -0.05) is 55.7 Å². The number of likely N-dealkylation sites (tertiary alicyclic amines) is 2. The van der Waals surface area contributed by atoms with Gasteiger partial charge in [-0.05, 0) is 62.0 Å². The summed E-state index contributed by atoms with van der Waals surface area (Å²) in [5, 5.41) is 12.1. The lowest BCUT2D eigenvalue weighted by molar-refractivity contribution is -0.253. The van der Waals surface area contributed by atoms with Crippen molar-refractivity contribution in [2.75, 3.05) is 31.5 Å². The molecule has 4 atom stereocenters. The Kier molecular flexibility index (Phi) is 10.4. The molecule has 234 valence electrons. The molecular formula is C32H40F3N3O5.